The fourth-order valence-electron chi connectivity index (χ4n) is 2.97. The summed E-state index contributed by atoms with van der Waals surface area (Å²) in [6.45, 7) is 0.181. The second kappa shape index (κ2) is 8.93. The van der Waals surface area contributed by atoms with Crippen LogP contribution in [0.15, 0.2) is 58.0 Å². The van der Waals surface area contributed by atoms with Crippen LogP contribution < -0.4 is 14.9 Å². The van der Waals surface area contributed by atoms with Gasteiger partial charge in [0.1, 0.15) is 11.5 Å². The van der Waals surface area contributed by atoms with Crippen LogP contribution in [0.3, 0.4) is 0 Å². The number of carbonyl (C=O) groups excluding carboxylic acids is 2. The van der Waals surface area contributed by atoms with Gasteiger partial charge in [-0.25, -0.2) is 10.2 Å². The first-order chi connectivity index (χ1) is 15.0. The van der Waals surface area contributed by atoms with Crippen molar-refractivity contribution >= 4 is 29.7 Å². The molecule has 0 bridgehead atoms. The molecule has 0 aliphatic carbocycles. The number of methoxy groups -OCH3 is 1. The summed E-state index contributed by atoms with van der Waals surface area (Å²) >= 11 is 6.04. The maximum absolute atomic E-state index is 12.1. The third-order valence-electron chi connectivity index (χ3n) is 4.47. The molecule has 0 unspecified atom stereocenters. The van der Waals surface area contributed by atoms with Crippen molar-refractivity contribution < 1.29 is 28.2 Å². The van der Waals surface area contributed by atoms with Crippen molar-refractivity contribution in [1.29, 1.82) is 0 Å². The molecule has 0 saturated carbocycles. The third-order valence-corrected chi connectivity index (χ3v) is 4.80. The van der Waals surface area contributed by atoms with Crippen LogP contribution in [0.2, 0.25) is 5.02 Å². The minimum Gasteiger partial charge on any atom is -0.465 e. The van der Waals surface area contributed by atoms with Crippen LogP contribution in [-0.4, -0.2) is 32.0 Å². The molecule has 4 rings (SSSR count). The molecule has 0 spiro atoms. The number of rotatable bonds is 6. The average molecular weight is 441 g/mol. The number of hydrazone groups is 1. The molecule has 1 amide bonds. The lowest BCUT2D eigenvalue weighted by Crippen LogP contribution is -2.19. The smallest absolute Gasteiger partial charge is 0.339 e. The first-order valence-electron chi connectivity index (χ1n) is 9.22. The average Bonchev–Trinajstić information content (AvgIpc) is 3.43. The molecular formula is C22H17ClN2O6. The second-order valence-electron chi connectivity index (χ2n) is 6.55. The molecule has 3 aromatic rings. The predicted molar refractivity (Wildman–Crippen MR) is 112 cm³/mol. The normalized spacial score (nSPS) is 12.2. The van der Waals surface area contributed by atoms with E-state index in [-0.39, 0.29) is 29.7 Å². The van der Waals surface area contributed by atoms with Gasteiger partial charge in [0.05, 0.1) is 30.3 Å². The van der Waals surface area contributed by atoms with Gasteiger partial charge in [0.2, 0.25) is 12.7 Å². The summed E-state index contributed by atoms with van der Waals surface area (Å²) < 4.78 is 21.0. The predicted octanol–water partition coefficient (Wildman–Crippen LogP) is 3.81. The van der Waals surface area contributed by atoms with Crippen LogP contribution in [0.5, 0.6) is 11.5 Å². The van der Waals surface area contributed by atoms with Crippen LogP contribution in [0.1, 0.15) is 21.7 Å². The van der Waals surface area contributed by atoms with Crippen molar-refractivity contribution in [2.75, 3.05) is 13.9 Å². The number of benzene rings is 2. The number of ether oxygens (including phenoxy) is 3. The van der Waals surface area contributed by atoms with Gasteiger partial charge in [0, 0.05) is 5.56 Å². The van der Waals surface area contributed by atoms with Crippen molar-refractivity contribution in [1.82, 2.24) is 5.43 Å². The van der Waals surface area contributed by atoms with E-state index in [9.17, 15) is 9.59 Å². The topological polar surface area (TPSA) is 99.4 Å². The van der Waals surface area contributed by atoms with E-state index in [0.717, 1.165) is 5.56 Å². The second-order valence-corrected chi connectivity index (χ2v) is 6.95. The zero-order chi connectivity index (χ0) is 21.8. The maximum atomic E-state index is 12.1. The number of carbonyl (C=O) groups is 2. The highest BCUT2D eigenvalue weighted by Crippen LogP contribution is 2.32. The molecule has 2 aromatic carbocycles. The Hall–Kier alpha value is -3.78. The molecule has 9 heteroatoms. The van der Waals surface area contributed by atoms with E-state index in [1.165, 1.54) is 13.3 Å². The van der Waals surface area contributed by atoms with Crippen LogP contribution in [-0.2, 0) is 16.0 Å². The zero-order valence-electron chi connectivity index (χ0n) is 16.4. The van der Waals surface area contributed by atoms with Crippen molar-refractivity contribution in [2.45, 2.75) is 6.42 Å². The maximum Gasteiger partial charge on any atom is 0.339 e. The Labute approximate surface area is 182 Å². The molecule has 158 valence electrons. The fraction of sp³-hybridized carbons (Fsp3) is 0.136. The minimum atomic E-state index is -0.537. The highest BCUT2D eigenvalue weighted by atomic mass is 35.5. The first kappa shape index (κ1) is 20.5. The Balaban J connectivity index is 1.37. The summed E-state index contributed by atoms with van der Waals surface area (Å²) in [5.41, 5.74) is 4.12. The van der Waals surface area contributed by atoms with Crippen LogP contribution in [0, 0.1) is 0 Å². The van der Waals surface area contributed by atoms with E-state index in [2.05, 4.69) is 10.5 Å². The molecule has 1 aliphatic rings. The van der Waals surface area contributed by atoms with Gasteiger partial charge >= 0.3 is 5.97 Å². The van der Waals surface area contributed by atoms with E-state index in [1.54, 1.807) is 48.5 Å². The quantitative estimate of drug-likeness (QED) is 0.355. The van der Waals surface area contributed by atoms with Gasteiger partial charge < -0.3 is 18.6 Å². The fourth-order valence-corrected chi connectivity index (χ4v) is 3.16. The molecule has 8 nitrogen and oxygen atoms in total. The largest absolute Gasteiger partial charge is 0.465 e. The molecule has 1 N–H and O–H groups in total. The summed E-state index contributed by atoms with van der Waals surface area (Å²) in [5.74, 6) is 1.39. The number of amides is 1. The van der Waals surface area contributed by atoms with Crippen molar-refractivity contribution in [3.8, 4) is 22.8 Å². The molecule has 0 radical (unpaired) electrons. The van der Waals surface area contributed by atoms with E-state index < -0.39 is 5.97 Å². The van der Waals surface area contributed by atoms with E-state index in [1.807, 2.05) is 0 Å². The van der Waals surface area contributed by atoms with Gasteiger partial charge in [-0.1, -0.05) is 17.7 Å². The Morgan fingerprint density at radius 3 is 2.81 bits per heavy atom. The monoisotopic (exact) mass is 440 g/mol. The number of furan rings is 1. The van der Waals surface area contributed by atoms with Crippen LogP contribution in [0.4, 0.5) is 0 Å². The molecule has 1 aromatic heterocycles. The SMILES string of the molecule is COC(=O)c1cc(-c2ccc(/C=N/NC(=O)Cc3ccc4c(c3)OCO4)o2)ccc1Cl. The highest BCUT2D eigenvalue weighted by Gasteiger charge is 2.15. The molecular weight excluding hydrogens is 424 g/mol. The van der Waals surface area contributed by atoms with Gasteiger partial charge in [-0.3, -0.25) is 4.79 Å². The van der Waals surface area contributed by atoms with Crippen molar-refractivity contribution in [3.05, 3.63) is 70.4 Å². The van der Waals surface area contributed by atoms with Crippen molar-refractivity contribution in [3.63, 3.8) is 0 Å². The first-order valence-corrected chi connectivity index (χ1v) is 9.60. The Morgan fingerprint density at radius 1 is 1.13 bits per heavy atom. The van der Waals surface area contributed by atoms with Gasteiger partial charge in [-0.2, -0.15) is 5.10 Å². The molecule has 0 saturated heterocycles. The van der Waals surface area contributed by atoms with E-state index in [0.29, 0.717) is 28.6 Å². The standard InChI is InChI=1S/C22H17ClN2O6/c1-28-22(27)16-10-14(3-5-17(16)23)18-7-4-15(31-18)11-24-25-21(26)9-13-2-6-19-20(8-13)30-12-29-19/h2-8,10-11H,9,12H2,1H3,(H,25,26)/b24-11+. The molecule has 31 heavy (non-hydrogen) atoms. The Bertz CT molecular complexity index is 1170. The van der Waals surface area contributed by atoms with E-state index >= 15 is 0 Å². The Kier molecular flexibility index (Phi) is 5.90. The Morgan fingerprint density at radius 2 is 1.97 bits per heavy atom. The van der Waals surface area contributed by atoms with Crippen LogP contribution in [0.25, 0.3) is 11.3 Å². The minimum absolute atomic E-state index is 0.137. The lowest BCUT2D eigenvalue weighted by molar-refractivity contribution is -0.120. The molecule has 0 fully saturated rings. The van der Waals surface area contributed by atoms with Crippen molar-refractivity contribution in [2.24, 2.45) is 5.10 Å². The molecule has 2 heterocycles. The third kappa shape index (κ3) is 4.70. The van der Waals surface area contributed by atoms with Gasteiger partial charge in [0.15, 0.2) is 11.5 Å². The number of nitrogens with zero attached hydrogens (tertiary/aromatic N) is 1. The zero-order valence-corrected chi connectivity index (χ0v) is 17.1. The number of fused-ring (bicyclic) bond motifs is 1. The molecule has 1 aliphatic heterocycles. The summed E-state index contributed by atoms with van der Waals surface area (Å²) in [7, 11) is 1.29. The number of nitrogens with one attached hydrogen (secondary N) is 1. The number of halogens is 1. The van der Waals surface area contributed by atoms with Gasteiger partial charge in [-0.05, 0) is 48.0 Å². The summed E-state index contributed by atoms with van der Waals surface area (Å²) in [6.07, 6.45) is 1.52. The number of esters is 1. The van der Waals surface area contributed by atoms with Gasteiger partial charge in [-0.15, -0.1) is 0 Å². The highest BCUT2D eigenvalue weighted by molar-refractivity contribution is 6.33. The summed E-state index contributed by atoms with van der Waals surface area (Å²) in [6, 6.07) is 13.6. The number of hydrogen-bond donors (Lipinski definition) is 1. The summed E-state index contributed by atoms with van der Waals surface area (Å²) in [5, 5.41) is 4.21. The van der Waals surface area contributed by atoms with E-state index in [4.69, 9.17) is 30.2 Å². The van der Waals surface area contributed by atoms with Gasteiger partial charge in [0.25, 0.3) is 0 Å². The summed E-state index contributed by atoms with van der Waals surface area (Å²) in [4.78, 5) is 23.9. The molecule has 0 atom stereocenters. The van der Waals surface area contributed by atoms with Crippen LogP contribution >= 0.6 is 11.6 Å². The number of hydrogen-bond acceptors (Lipinski definition) is 7. The lowest BCUT2D eigenvalue weighted by Gasteiger charge is -2.04. The lowest BCUT2D eigenvalue weighted by atomic mass is 10.1.